The molecule has 3 N–H and O–H groups in total. The van der Waals surface area contributed by atoms with Crippen molar-refractivity contribution in [2.75, 3.05) is 20.1 Å². The van der Waals surface area contributed by atoms with Gasteiger partial charge in [0, 0.05) is 13.1 Å². The van der Waals surface area contributed by atoms with E-state index >= 15 is 0 Å². The van der Waals surface area contributed by atoms with Crippen molar-refractivity contribution in [1.29, 1.82) is 0 Å². The lowest BCUT2D eigenvalue weighted by Gasteiger charge is -2.41. The number of piperidine rings is 1. The zero-order valence-corrected chi connectivity index (χ0v) is 12.8. The number of hydrogen-bond acceptors (Lipinski definition) is 3. The van der Waals surface area contributed by atoms with Crippen molar-refractivity contribution in [3.63, 3.8) is 0 Å². The predicted molar refractivity (Wildman–Crippen MR) is 80.1 cm³/mol. The summed E-state index contributed by atoms with van der Waals surface area (Å²) in [5.74, 6) is -1.32. The molecule has 1 heterocycles. The van der Waals surface area contributed by atoms with Crippen molar-refractivity contribution in [1.82, 2.24) is 4.90 Å². The van der Waals surface area contributed by atoms with Gasteiger partial charge in [0.1, 0.15) is 0 Å². The lowest BCUT2D eigenvalue weighted by molar-refractivity contribution is -0.128. The molecule has 1 aromatic rings. The first-order valence-corrected chi connectivity index (χ1v) is 7.24. The molecule has 1 aromatic carbocycles. The van der Waals surface area contributed by atoms with Crippen LogP contribution in [0.25, 0.3) is 0 Å². The highest BCUT2D eigenvalue weighted by Gasteiger charge is 2.43. The fourth-order valence-corrected chi connectivity index (χ4v) is 3.03. The second-order valence-corrected chi connectivity index (χ2v) is 6.23. The first-order valence-electron chi connectivity index (χ1n) is 6.49. The van der Waals surface area contributed by atoms with E-state index in [1.165, 1.54) is 0 Å². The Labute approximate surface area is 128 Å². The lowest BCUT2D eigenvalue weighted by Crippen LogP contribution is -2.50. The van der Waals surface area contributed by atoms with Gasteiger partial charge in [-0.25, -0.2) is 0 Å². The van der Waals surface area contributed by atoms with Crippen LogP contribution in [-0.4, -0.2) is 41.7 Å². The average molecular weight is 317 g/mol. The van der Waals surface area contributed by atoms with Crippen molar-refractivity contribution in [2.45, 2.75) is 24.4 Å². The predicted octanol–water partition coefficient (Wildman–Crippen LogP) is 2.02. The van der Waals surface area contributed by atoms with Crippen LogP contribution in [0.1, 0.15) is 24.3 Å². The van der Waals surface area contributed by atoms with Crippen LogP contribution in [0.4, 0.5) is 0 Å². The first kappa shape index (κ1) is 15.6. The summed E-state index contributed by atoms with van der Waals surface area (Å²) in [5, 5.41) is 11.6. The summed E-state index contributed by atoms with van der Waals surface area (Å²) in [6, 6.07) is 4.92. The Morgan fingerprint density at radius 3 is 2.45 bits per heavy atom. The fraction of sp³-hybridized carbons (Fsp3) is 0.500. The highest BCUT2D eigenvalue weighted by atomic mass is 35.5. The van der Waals surface area contributed by atoms with Gasteiger partial charge < -0.3 is 15.7 Å². The second kappa shape index (κ2) is 5.90. The molecule has 20 heavy (non-hydrogen) atoms. The van der Waals surface area contributed by atoms with E-state index in [0.29, 0.717) is 28.5 Å². The van der Waals surface area contributed by atoms with Crippen LogP contribution in [0, 0.1) is 0 Å². The van der Waals surface area contributed by atoms with E-state index in [9.17, 15) is 9.90 Å². The summed E-state index contributed by atoms with van der Waals surface area (Å²) in [7, 11) is 1.98. The molecule has 2 rings (SSSR count). The van der Waals surface area contributed by atoms with E-state index in [0.717, 1.165) is 13.1 Å². The minimum Gasteiger partial charge on any atom is -0.389 e. The third kappa shape index (κ3) is 3.09. The maximum absolute atomic E-state index is 11.9. The molecule has 0 bridgehead atoms. The molecule has 1 amide bonds. The van der Waals surface area contributed by atoms with Gasteiger partial charge in [0.2, 0.25) is 5.91 Å². The van der Waals surface area contributed by atoms with Crippen LogP contribution in [-0.2, 0) is 4.79 Å². The van der Waals surface area contributed by atoms with Crippen molar-refractivity contribution in [3.05, 3.63) is 33.8 Å². The zero-order valence-electron chi connectivity index (χ0n) is 11.3. The fourth-order valence-electron chi connectivity index (χ4n) is 2.73. The number of likely N-dealkylation sites (tertiary alicyclic amines) is 1. The molecule has 0 spiro atoms. The minimum absolute atomic E-state index is 0.354. The molecule has 1 aliphatic rings. The highest BCUT2D eigenvalue weighted by molar-refractivity contribution is 6.42. The van der Waals surface area contributed by atoms with Gasteiger partial charge in [0.15, 0.2) is 0 Å². The van der Waals surface area contributed by atoms with Crippen molar-refractivity contribution >= 4 is 29.1 Å². The summed E-state index contributed by atoms with van der Waals surface area (Å²) in [5.41, 5.74) is 5.00. The highest BCUT2D eigenvalue weighted by Crippen LogP contribution is 2.38. The number of amides is 1. The number of nitrogens with two attached hydrogens (primary N) is 1. The molecule has 4 nitrogen and oxygen atoms in total. The first-order chi connectivity index (χ1) is 9.33. The molecular weight excluding hydrogens is 299 g/mol. The third-order valence-corrected chi connectivity index (χ3v) is 4.69. The quantitative estimate of drug-likeness (QED) is 0.896. The number of rotatable bonds is 3. The molecule has 1 saturated heterocycles. The molecule has 1 fully saturated rings. The van der Waals surface area contributed by atoms with E-state index in [1.54, 1.807) is 18.2 Å². The van der Waals surface area contributed by atoms with Gasteiger partial charge in [0.25, 0.3) is 0 Å². The van der Waals surface area contributed by atoms with Gasteiger partial charge in [-0.05, 0) is 37.6 Å². The maximum Gasteiger partial charge on any atom is 0.227 e. The van der Waals surface area contributed by atoms with Crippen molar-refractivity contribution in [2.24, 2.45) is 5.73 Å². The Morgan fingerprint density at radius 1 is 1.35 bits per heavy atom. The van der Waals surface area contributed by atoms with E-state index in [-0.39, 0.29) is 0 Å². The summed E-state index contributed by atoms with van der Waals surface area (Å²) < 4.78 is 0. The Kier molecular flexibility index (Phi) is 4.59. The number of carbonyl (C=O) groups excluding carboxylic acids is 1. The topological polar surface area (TPSA) is 66.6 Å². The van der Waals surface area contributed by atoms with Gasteiger partial charge in [-0.1, -0.05) is 29.3 Å². The van der Waals surface area contributed by atoms with Gasteiger partial charge in [0.05, 0.1) is 21.6 Å². The normalized spacial score (nSPS) is 20.6. The number of benzene rings is 1. The maximum atomic E-state index is 11.9. The number of nitrogens with zero attached hydrogens (tertiary/aromatic N) is 1. The molecule has 110 valence electrons. The summed E-state index contributed by atoms with van der Waals surface area (Å²) in [4.78, 5) is 14.0. The van der Waals surface area contributed by atoms with Crippen LogP contribution in [0.15, 0.2) is 18.2 Å². The van der Waals surface area contributed by atoms with Crippen LogP contribution >= 0.6 is 23.2 Å². The molecule has 0 radical (unpaired) electrons. The van der Waals surface area contributed by atoms with Crippen LogP contribution < -0.4 is 5.73 Å². The van der Waals surface area contributed by atoms with E-state index < -0.39 is 17.4 Å². The molecule has 1 unspecified atom stereocenters. The Balaban J connectivity index is 2.36. The smallest absolute Gasteiger partial charge is 0.227 e. The number of primary amides is 1. The van der Waals surface area contributed by atoms with Crippen molar-refractivity contribution in [3.8, 4) is 0 Å². The summed E-state index contributed by atoms with van der Waals surface area (Å²) in [6.45, 7) is 1.45. The Morgan fingerprint density at radius 2 is 1.95 bits per heavy atom. The second-order valence-electron chi connectivity index (χ2n) is 5.42. The Bertz CT molecular complexity index is 514. The molecule has 6 heteroatoms. The summed E-state index contributed by atoms with van der Waals surface area (Å²) in [6.07, 6.45) is 0.995. The van der Waals surface area contributed by atoms with Crippen LogP contribution in [0.5, 0.6) is 0 Å². The largest absolute Gasteiger partial charge is 0.389 e. The number of hydrogen-bond donors (Lipinski definition) is 2. The van der Waals surface area contributed by atoms with Crippen LogP contribution in [0.2, 0.25) is 10.0 Å². The monoisotopic (exact) mass is 316 g/mol. The van der Waals surface area contributed by atoms with Gasteiger partial charge >= 0.3 is 0 Å². The molecular formula is C14H18Cl2N2O2. The third-order valence-electron chi connectivity index (χ3n) is 3.95. The average Bonchev–Trinajstić information content (AvgIpc) is 2.37. The standard InChI is InChI=1S/C14H18Cl2N2O2/c1-18-6-4-14(20,5-7-18)12(13(17)19)9-2-3-10(15)11(16)8-9/h2-3,8,12,20H,4-7H2,1H3,(H2,17,19). The lowest BCUT2D eigenvalue weighted by atomic mass is 9.75. The van der Waals surface area contributed by atoms with E-state index in [4.69, 9.17) is 28.9 Å². The molecule has 1 aliphatic heterocycles. The molecule has 0 aromatic heterocycles. The number of halogens is 2. The van der Waals surface area contributed by atoms with Crippen LogP contribution in [0.3, 0.4) is 0 Å². The molecule has 0 saturated carbocycles. The number of aliphatic hydroxyl groups is 1. The zero-order chi connectivity index (χ0) is 14.9. The SMILES string of the molecule is CN1CCC(O)(C(C(N)=O)c2ccc(Cl)c(Cl)c2)CC1. The minimum atomic E-state index is -1.13. The van der Waals surface area contributed by atoms with Crippen molar-refractivity contribution < 1.29 is 9.90 Å². The van der Waals surface area contributed by atoms with E-state index in [1.807, 2.05) is 7.05 Å². The molecule has 1 atom stereocenters. The summed E-state index contributed by atoms with van der Waals surface area (Å²) >= 11 is 11.9. The van der Waals surface area contributed by atoms with Gasteiger partial charge in [-0.2, -0.15) is 0 Å². The van der Waals surface area contributed by atoms with E-state index in [2.05, 4.69) is 4.90 Å². The van der Waals surface area contributed by atoms with Gasteiger partial charge in [-0.3, -0.25) is 4.79 Å². The Hall–Kier alpha value is -0.810. The van der Waals surface area contributed by atoms with Gasteiger partial charge in [-0.15, -0.1) is 0 Å². The molecule has 0 aliphatic carbocycles. The number of carbonyl (C=O) groups is 1.